The van der Waals surface area contributed by atoms with Gasteiger partial charge in [-0.05, 0) is 12.8 Å². The molecule has 1 aliphatic heterocycles. The molecular weight excluding hydrogens is 183 g/mol. The maximum Gasteiger partial charge on any atom is 0.468 e. The first kappa shape index (κ1) is 10.3. The van der Waals surface area contributed by atoms with E-state index in [1.54, 1.807) is 6.92 Å². The van der Waals surface area contributed by atoms with Crippen LogP contribution in [0.4, 0.5) is 13.2 Å². The minimum atomic E-state index is -4.45. The Bertz CT molecular complexity index is 234. The third-order valence-electron chi connectivity index (χ3n) is 2.33. The zero-order valence-electron chi connectivity index (χ0n) is 7.77. The molecule has 1 atom stereocenters. The lowest BCUT2D eigenvalue weighted by molar-refractivity contribution is -0.0898. The van der Waals surface area contributed by atoms with Crippen LogP contribution >= 0.6 is 0 Å². The molecule has 0 aromatic heterocycles. The number of hydrogen-bond acceptors (Lipinski definition) is 2. The summed E-state index contributed by atoms with van der Waals surface area (Å²) in [7, 11) is 0. The molecule has 0 N–H and O–H groups in total. The number of halogens is 3. The molecule has 1 rings (SSSR count). The number of aliphatic imine (C=N–C) groups is 1. The van der Waals surface area contributed by atoms with Crippen LogP contribution in [0.2, 0.25) is 0 Å². The van der Waals surface area contributed by atoms with Gasteiger partial charge in [0.25, 0.3) is 5.90 Å². The van der Waals surface area contributed by atoms with E-state index in [1.165, 1.54) is 0 Å². The zero-order valence-corrected chi connectivity index (χ0v) is 7.77. The fourth-order valence-corrected chi connectivity index (χ4v) is 0.962. The highest BCUT2D eigenvalue weighted by Gasteiger charge is 2.47. The van der Waals surface area contributed by atoms with E-state index in [0.717, 1.165) is 0 Å². The van der Waals surface area contributed by atoms with Crippen LogP contribution in [-0.4, -0.2) is 24.2 Å². The lowest BCUT2D eigenvalue weighted by atomic mass is 9.93. The molecule has 0 bridgehead atoms. The minimum Gasteiger partial charge on any atom is -0.466 e. The van der Waals surface area contributed by atoms with Gasteiger partial charge in [-0.2, -0.15) is 13.2 Å². The lowest BCUT2D eigenvalue weighted by Gasteiger charge is -2.27. The summed E-state index contributed by atoms with van der Waals surface area (Å²) in [4.78, 5) is 3.35. The maximum atomic E-state index is 12.1. The first-order chi connectivity index (χ1) is 5.76. The summed E-state index contributed by atoms with van der Waals surface area (Å²) < 4.78 is 41.1. The van der Waals surface area contributed by atoms with Crippen molar-refractivity contribution in [2.75, 3.05) is 6.54 Å². The molecule has 5 heteroatoms. The second-order valence-electron chi connectivity index (χ2n) is 3.69. The van der Waals surface area contributed by atoms with Crippen LogP contribution < -0.4 is 0 Å². The molecule has 13 heavy (non-hydrogen) atoms. The predicted octanol–water partition coefficient (Wildman–Crippen LogP) is 2.39. The summed E-state index contributed by atoms with van der Waals surface area (Å²) in [6.45, 7) is 5.35. The van der Waals surface area contributed by atoms with Crippen LogP contribution in [0.15, 0.2) is 4.99 Å². The van der Waals surface area contributed by atoms with Crippen LogP contribution in [0.1, 0.15) is 20.8 Å². The number of nitrogens with zero attached hydrogens (tertiary/aromatic N) is 1. The quantitative estimate of drug-likeness (QED) is 0.629. The summed E-state index contributed by atoms with van der Waals surface area (Å²) in [5.41, 5.74) is -0.801. The molecule has 1 heterocycles. The van der Waals surface area contributed by atoms with Gasteiger partial charge in [0.05, 0.1) is 6.54 Å². The van der Waals surface area contributed by atoms with Gasteiger partial charge in [0.2, 0.25) is 0 Å². The van der Waals surface area contributed by atoms with Crippen molar-refractivity contribution in [3.63, 3.8) is 0 Å². The van der Waals surface area contributed by atoms with Crippen molar-refractivity contribution in [1.82, 2.24) is 0 Å². The second-order valence-corrected chi connectivity index (χ2v) is 3.69. The molecule has 76 valence electrons. The molecule has 0 amide bonds. The van der Waals surface area contributed by atoms with Crippen LogP contribution in [0.3, 0.4) is 0 Å². The second kappa shape index (κ2) is 2.89. The van der Waals surface area contributed by atoms with Crippen molar-refractivity contribution in [1.29, 1.82) is 0 Å². The van der Waals surface area contributed by atoms with E-state index in [-0.39, 0.29) is 12.5 Å². The summed E-state index contributed by atoms with van der Waals surface area (Å²) in [6.07, 6.45) is -4.45. The number of ether oxygens (including phenoxy) is 1. The van der Waals surface area contributed by atoms with E-state index in [0.29, 0.717) is 0 Å². The van der Waals surface area contributed by atoms with E-state index >= 15 is 0 Å². The molecule has 0 aromatic carbocycles. The molecule has 1 unspecified atom stereocenters. The van der Waals surface area contributed by atoms with Crippen molar-refractivity contribution in [2.24, 2.45) is 10.9 Å². The fourth-order valence-electron chi connectivity index (χ4n) is 0.962. The molecule has 0 saturated carbocycles. The van der Waals surface area contributed by atoms with Crippen LogP contribution in [0, 0.1) is 5.92 Å². The topological polar surface area (TPSA) is 21.6 Å². The highest BCUT2D eigenvalue weighted by atomic mass is 19.4. The molecule has 0 saturated heterocycles. The van der Waals surface area contributed by atoms with Crippen LogP contribution in [-0.2, 0) is 4.74 Å². The number of alkyl halides is 3. The van der Waals surface area contributed by atoms with Gasteiger partial charge >= 0.3 is 6.18 Å². The zero-order chi connectivity index (χ0) is 10.3. The first-order valence-electron chi connectivity index (χ1n) is 4.06. The Morgan fingerprint density at radius 1 is 1.46 bits per heavy atom. The predicted molar refractivity (Wildman–Crippen MR) is 42.7 cm³/mol. The average Bonchev–Trinajstić information content (AvgIpc) is 2.31. The van der Waals surface area contributed by atoms with E-state index in [1.807, 2.05) is 13.8 Å². The summed E-state index contributed by atoms with van der Waals surface area (Å²) in [5.74, 6) is -1.08. The monoisotopic (exact) mass is 195 g/mol. The first-order valence-corrected chi connectivity index (χ1v) is 4.06. The highest BCUT2D eigenvalue weighted by molar-refractivity contribution is 5.83. The summed E-state index contributed by atoms with van der Waals surface area (Å²) >= 11 is 0. The Hall–Kier alpha value is -0.740. The van der Waals surface area contributed by atoms with Gasteiger partial charge in [-0.1, -0.05) is 13.8 Å². The molecule has 0 aromatic rings. The normalized spacial score (nSPS) is 29.0. The largest absolute Gasteiger partial charge is 0.468 e. The van der Waals surface area contributed by atoms with E-state index in [4.69, 9.17) is 4.74 Å². The van der Waals surface area contributed by atoms with Gasteiger partial charge in [-0.15, -0.1) is 0 Å². The van der Waals surface area contributed by atoms with Crippen molar-refractivity contribution < 1.29 is 17.9 Å². The van der Waals surface area contributed by atoms with Crippen LogP contribution in [0.5, 0.6) is 0 Å². The number of rotatable bonds is 1. The van der Waals surface area contributed by atoms with Gasteiger partial charge in [0, 0.05) is 0 Å². The molecule has 1 aliphatic rings. The van der Waals surface area contributed by atoms with E-state index < -0.39 is 17.7 Å². The van der Waals surface area contributed by atoms with Gasteiger partial charge < -0.3 is 4.74 Å². The van der Waals surface area contributed by atoms with Gasteiger partial charge in [-0.25, -0.2) is 4.99 Å². The molecular formula is C8H12F3NO. The Kier molecular flexibility index (Phi) is 2.30. The molecule has 2 nitrogen and oxygen atoms in total. The Balaban J connectivity index is 2.72. The van der Waals surface area contributed by atoms with Gasteiger partial charge in [0.15, 0.2) is 0 Å². The summed E-state index contributed by atoms with van der Waals surface area (Å²) in [6, 6.07) is 0. The Morgan fingerprint density at radius 3 is 2.23 bits per heavy atom. The van der Waals surface area contributed by atoms with Crippen molar-refractivity contribution in [3.05, 3.63) is 0 Å². The van der Waals surface area contributed by atoms with Gasteiger partial charge in [0.1, 0.15) is 5.60 Å². The molecule has 0 aliphatic carbocycles. The Labute approximate surface area is 74.8 Å². The smallest absolute Gasteiger partial charge is 0.466 e. The maximum absolute atomic E-state index is 12.1. The third kappa shape index (κ3) is 1.95. The highest BCUT2D eigenvalue weighted by Crippen LogP contribution is 2.32. The average molecular weight is 195 g/mol. The lowest BCUT2D eigenvalue weighted by Crippen LogP contribution is -2.38. The standard InChI is InChI=1S/C8H12F3NO/c1-5(2)7(3)4-12-6(13-7)8(9,10)11/h5H,4H2,1-3H3. The third-order valence-corrected chi connectivity index (χ3v) is 2.33. The molecule has 0 spiro atoms. The van der Waals surface area contributed by atoms with Crippen LogP contribution in [0.25, 0.3) is 0 Å². The van der Waals surface area contributed by atoms with E-state index in [2.05, 4.69) is 4.99 Å². The Morgan fingerprint density at radius 2 is 2.00 bits per heavy atom. The van der Waals surface area contributed by atoms with Crippen molar-refractivity contribution in [3.8, 4) is 0 Å². The molecule has 0 fully saturated rings. The summed E-state index contributed by atoms with van der Waals surface area (Å²) in [5, 5.41) is 0. The van der Waals surface area contributed by atoms with Crippen molar-refractivity contribution in [2.45, 2.75) is 32.5 Å². The van der Waals surface area contributed by atoms with E-state index in [9.17, 15) is 13.2 Å². The van der Waals surface area contributed by atoms with Crippen molar-refractivity contribution >= 4 is 5.90 Å². The van der Waals surface area contributed by atoms with Gasteiger partial charge in [-0.3, -0.25) is 0 Å². The number of hydrogen-bond donors (Lipinski definition) is 0. The fraction of sp³-hybridized carbons (Fsp3) is 0.875. The minimum absolute atomic E-state index is 0.0103. The SMILES string of the molecule is CC(C)C1(C)CN=C(C(F)(F)F)O1. The molecule has 0 radical (unpaired) electrons.